The maximum atomic E-state index is 12.2. The zero-order valence-corrected chi connectivity index (χ0v) is 11.3. The highest BCUT2D eigenvalue weighted by Crippen LogP contribution is 2.23. The summed E-state index contributed by atoms with van der Waals surface area (Å²) in [6.07, 6.45) is 4.81. The van der Waals surface area contributed by atoms with Gasteiger partial charge in [0.05, 0.1) is 12.2 Å². The Bertz CT molecular complexity index is 282. The highest BCUT2D eigenvalue weighted by molar-refractivity contribution is 5.84. The van der Waals surface area contributed by atoms with E-state index in [0.717, 1.165) is 25.8 Å². The van der Waals surface area contributed by atoms with Gasteiger partial charge in [0, 0.05) is 12.6 Å². The molecule has 2 rings (SSSR count). The SMILES string of the molecule is CCCC1NC(C)C(=O)N1C1CCCN(C)C1. The zero-order valence-electron chi connectivity index (χ0n) is 11.3. The van der Waals surface area contributed by atoms with Crippen LogP contribution in [-0.2, 0) is 4.79 Å². The van der Waals surface area contributed by atoms with Gasteiger partial charge in [0.25, 0.3) is 0 Å². The lowest BCUT2D eigenvalue weighted by atomic mass is 10.0. The highest BCUT2D eigenvalue weighted by Gasteiger charge is 2.40. The average Bonchev–Trinajstić information content (AvgIpc) is 2.55. The molecule has 0 aliphatic carbocycles. The van der Waals surface area contributed by atoms with Crippen molar-refractivity contribution in [3.63, 3.8) is 0 Å². The molecule has 17 heavy (non-hydrogen) atoms. The number of carbonyl (C=O) groups excluding carboxylic acids is 1. The lowest BCUT2D eigenvalue weighted by molar-refractivity contribution is -0.133. The minimum atomic E-state index is -0.00113. The van der Waals surface area contributed by atoms with Crippen LogP contribution in [0.3, 0.4) is 0 Å². The summed E-state index contributed by atoms with van der Waals surface area (Å²) in [5.41, 5.74) is 0. The van der Waals surface area contributed by atoms with Crippen LogP contribution in [-0.4, -0.2) is 54.1 Å². The van der Waals surface area contributed by atoms with Gasteiger partial charge in [0.2, 0.25) is 5.91 Å². The molecule has 4 nitrogen and oxygen atoms in total. The minimum Gasteiger partial charge on any atom is -0.322 e. The van der Waals surface area contributed by atoms with Crippen molar-refractivity contribution in [2.45, 2.75) is 57.8 Å². The van der Waals surface area contributed by atoms with Crippen molar-refractivity contribution in [3.05, 3.63) is 0 Å². The molecule has 3 unspecified atom stereocenters. The fourth-order valence-corrected chi connectivity index (χ4v) is 3.11. The Kier molecular flexibility index (Phi) is 4.05. The molecule has 2 saturated heterocycles. The number of carbonyl (C=O) groups is 1. The summed E-state index contributed by atoms with van der Waals surface area (Å²) in [5.74, 6) is 0.295. The van der Waals surface area contributed by atoms with Crippen LogP contribution in [0.5, 0.6) is 0 Å². The first-order valence-electron chi connectivity index (χ1n) is 6.90. The molecule has 0 radical (unpaired) electrons. The van der Waals surface area contributed by atoms with Crippen LogP contribution in [0.15, 0.2) is 0 Å². The Hall–Kier alpha value is -0.610. The maximum absolute atomic E-state index is 12.2. The van der Waals surface area contributed by atoms with Gasteiger partial charge in [-0.1, -0.05) is 13.3 Å². The van der Waals surface area contributed by atoms with Crippen LogP contribution in [0.2, 0.25) is 0 Å². The van der Waals surface area contributed by atoms with Crippen LogP contribution >= 0.6 is 0 Å². The monoisotopic (exact) mass is 239 g/mol. The summed E-state index contributed by atoms with van der Waals surface area (Å²) in [5, 5.41) is 3.42. The number of nitrogens with one attached hydrogen (secondary N) is 1. The Morgan fingerprint density at radius 2 is 2.24 bits per heavy atom. The number of hydrogen-bond acceptors (Lipinski definition) is 3. The summed E-state index contributed by atoms with van der Waals surface area (Å²) >= 11 is 0. The van der Waals surface area contributed by atoms with Crippen molar-refractivity contribution in [1.29, 1.82) is 0 Å². The number of hydrogen-bond donors (Lipinski definition) is 1. The van der Waals surface area contributed by atoms with Gasteiger partial charge in [-0.2, -0.15) is 0 Å². The number of piperidine rings is 1. The molecule has 0 saturated carbocycles. The molecule has 0 bridgehead atoms. The normalized spacial score (nSPS) is 35.6. The second-order valence-electron chi connectivity index (χ2n) is 5.50. The van der Waals surface area contributed by atoms with Gasteiger partial charge in [-0.05, 0) is 39.8 Å². The molecule has 0 aromatic rings. The third-order valence-corrected chi connectivity index (χ3v) is 3.96. The molecular formula is C13H25N3O. The quantitative estimate of drug-likeness (QED) is 0.799. The lowest BCUT2D eigenvalue weighted by Gasteiger charge is -2.38. The van der Waals surface area contributed by atoms with Gasteiger partial charge < -0.3 is 9.80 Å². The van der Waals surface area contributed by atoms with Crippen molar-refractivity contribution in [1.82, 2.24) is 15.1 Å². The van der Waals surface area contributed by atoms with E-state index in [2.05, 4.69) is 29.1 Å². The first-order valence-corrected chi connectivity index (χ1v) is 6.90. The van der Waals surface area contributed by atoms with Crippen molar-refractivity contribution >= 4 is 5.91 Å². The van der Waals surface area contributed by atoms with Crippen LogP contribution in [0, 0.1) is 0 Å². The summed E-state index contributed by atoms with van der Waals surface area (Å²) in [6, 6.07) is 0.411. The predicted molar refractivity (Wildman–Crippen MR) is 68.7 cm³/mol. The van der Waals surface area contributed by atoms with Crippen LogP contribution in [0.1, 0.15) is 39.5 Å². The summed E-state index contributed by atoms with van der Waals surface area (Å²) in [6.45, 7) is 6.36. The molecule has 3 atom stereocenters. The van der Waals surface area contributed by atoms with E-state index < -0.39 is 0 Å². The Labute approximate surface area is 104 Å². The van der Waals surface area contributed by atoms with Gasteiger partial charge in [-0.3, -0.25) is 10.1 Å². The van der Waals surface area contributed by atoms with Crippen LogP contribution in [0.4, 0.5) is 0 Å². The molecule has 2 aliphatic heterocycles. The van der Waals surface area contributed by atoms with Gasteiger partial charge in [0.1, 0.15) is 0 Å². The van der Waals surface area contributed by atoms with Gasteiger partial charge in [0.15, 0.2) is 0 Å². The number of likely N-dealkylation sites (N-methyl/N-ethyl adjacent to an activating group) is 1. The van der Waals surface area contributed by atoms with Gasteiger partial charge in [-0.15, -0.1) is 0 Å². The molecular weight excluding hydrogens is 214 g/mol. The fraction of sp³-hybridized carbons (Fsp3) is 0.923. The minimum absolute atomic E-state index is 0.00113. The molecule has 0 aromatic heterocycles. The van der Waals surface area contributed by atoms with E-state index in [4.69, 9.17) is 0 Å². The van der Waals surface area contributed by atoms with E-state index in [1.54, 1.807) is 0 Å². The molecule has 98 valence electrons. The third kappa shape index (κ3) is 2.63. The number of likely N-dealkylation sites (tertiary alicyclic amines) is 1. The largest absolute Gasteiger partial charge is 0.322 e. The van der Waals surface area contributed by atoms with E-state index in [1.807, 2.05) is 6.92 Å². The van der Waals surface area contributed by atoms with E-state index in [9.17, 15) is 4.79 Å². The van der Waals surface area contributed by atoms with Crippen LogP contribution in [0.25, 0.3) is 0 Å². The topological polar surface area (TPSA) is 35.6 Å². The molecule has 0 spiro atoms. The van der Waals surface area contributed by atoms with Crippen molar-refractivity contribution in [3.8, 4) is 0 Å². The highest BCUT2D eigenvalue weighted by atomic mass is 16.2. The molecule has 2 heterocycles. The van der Waals surface area contributed by atoms with E-state index in [0.29, 0.717) is 11.9 Å². The number of amides is 1. The van der Waals surface area contributed by atoms with Crippen molar-refractivity contribution in [2.24, 2.45) is 0 Å². The first-order chi connectivity index (χ1) is 8.13. The molecule has 1 amide bonds. The number of rotatable bonds is 3. The van der Waals surface area contributed by atoms with E-state index >= 15 is 0 Å². The summed E-state index contributed by atoms with van der Waals surface area (Å²) in [7, 11) is 2.15. The second-order valence-corrected chi connectivity index (χ2v) is 5.50. The molecule has 2 fully saturated rings. The molecule has 1 N–H and O–H groups in total. The Morgan fingerprint density at radius 1 is 1.47 bits per heavy atom. The average molecular weight is 239 g/mol. The van der Waals surface area contributed by atoms with Crippen LogP contribution < -0.4 is 5.32 Å². The fourth-order valence-electron chi connectivity index (χ4n) is 3.11. The molecule has 2 aliphatic rings. The third-order valence-electron chi connectivity index (χ3n) is 3.96. The Morgan fingerprint density at radius 3 is 2.88 bits per heavy atom. The zero-order chi connectivity index (χ0) is 12.4. The Balaban J connectivity index is 2.07. The van der Waals surface area contributed by atoms with Gasteiger partial charge >= 0.3 is 0 Å². The first kappa shape index (κ1) is 12.8. The van der Waals surface area contributed by atoms with Crippen molar-refractivity contribution < 1.29 is 4.79 Å². The molecule has 0 aromatic carbocycles. The summed E-state index contributed by atoms with van der Waals surface area (Å²) in [4.78, 5) is 16.7. The lowest BCUT2D eigenvalue weighted by Crippen LogP contribution is -2.51. The van der Waals surface area contributed by atoms with E-state index in [-0.39, 0.29) is 12.2 Å². The number of nitrogens with zero attached hydrogens (tertiary/aromatic N) is 2. The van der Waals surface area contributed by atoms with Gasteiger partial charge in [-0.25, -0.2) is 0 Å². The smallest absolute Gasteiger partial charge is 0.241 e. The van der Waals surface area contributed by atoms with E-state index in [1.165, 1.54) is 13.0 Å². The maximum Gasteiger partial charge on any atom is 0.241 e. The summed E-state index contributed by atoms with van der Waals surface area (Å²) < 4.78 is 0. The standard InChI is InChI=1S/C13H25N3O/c1-4-6-12-14-10(2)13(17)16(12)11-7-5-8-15(3)9-11/h10-12,14H,4-9H2,1-3H3. The second kappa shape index (κ2) is 5.36. The molecule has 4 heteroatoms. The predicted octanol–water partition coefficient (Wildman–Crippen LogP) is 1.03. The van der Waals surface area contributed by atoms with Crippen molar-refractivity contribution in [2.75, 3.05) is 20.1 Å².